The molecule has 2 fully saturated rings. The zero-order valence-electron chi connectivity index (χ0n) is 17.3. The first-order valence-electron chi connectivity index (χ1n) is 9.96. The van der Waals surface area contributed by atoms with Crippen molar-refractivity contribution in [3.8, 4) is 11.1 Å². The van der Waals surface area contributed by atoms with E-state index in [1.807, 2.05) is 4.90 Å². The fourth-order valence-corrected chi connectivity index (χ4v) is 4.53. The van der Waals surface area contributed by atoms with Crippen molar-refractivity contribution in [2.24, 2.45) is 0 Å². The van der Waals surface area contributed by atoms with E-state index in [4.69, 9.17) is 4.74 Å². The number of benzene rings is 1. The van der Waals surface area contributed by atoms with Gasteiger partial charge in [-0.15, -0.1) is 0 Å². The van der Waals surface area contributed by atoms with Crippen LogP contribution in [0, 0.1) is 5.82 Å². The number of anilines is 2. The lowest BCUT2D eigenvalue weighted by Crippen LogP contribution is -2.41. The van der Waals surface area contributed by atoms with E-state index < -0.39 is 35.3 Å². The molecule has 1 aromatic carbocycles. The summed E-state index contributed by atoms with van der Waals surface area (Å²) in [7, 11) is 1.24. The maximum Gasteiger partial charge on any atom is 0.414 e. The van der Waals surface area contributed by atoms with Crippen molar-refractivity contribution < 1.29 is 28.0 Å². The zero-order valence-corrected chi connectivity index (χ0v) is 18.1. The number of ether oxygens (including phenoxy) is 2. The highest BCUT2D eigenvalue weighted by Crippen LogP contribution is 2.29. The van der Waals surface area contributed by atoms with Gasteiger partial charge in [-0.25, -0.2) is 23.9 Å². The van der Waals surface area contributed by atoms with E-state index in [-0.39, 0.29) is 13.1 Å². The number of hydrogen-bond donors (Lipinski definition) is 1. The van der Waals surface area contributed by atoms with Gasteiger partial charge in [0.05, 0.1) is 39.0 Å². The van der Waals surface area contributed by atoms with Crippen LogP contribution in [0.4, 0.5) is 25.6 Å². The lowest BCUT2D eigenvalue weighted by atomic mass is 10.1. The molecule has 12 heteroatoms. The Morgan fingerprint density at radius 1 is 1.34 bits per heavy atom. The van der Waals surface area contributed by atoms with Crippen molar-refractivity contribution in [3.05, 3.63) is 36.4 Å². The molecule has 0 saturated carbocycles. The highest BCUT2D eigenvalue weighted by atomic mass is 32.2. The standard InChI is InChI=1S/C20H22FN5O5S/c1-30-19(27)24-11-15-12-26(20(28)31-15)14-2-3-16(17(21)8-14)13-9-22-18(23-10-13)25-4-6-32(29)7-5-25/h2-3,8-10,15H,4-7,11-12H2,1H3,(H,24,27)/t15-/m0/s1. The summed E-state index contributed by atoms with van der Waals surface area (Å²) in [6.45, 7) is 1.50. The number of carbonyl (C=O) groups excluding carboxylic acids is 2. The maximum absolute atomic E-state index is 14.9. The van der Waals surface area contributed by atoms with Crippen LogP contribution in [0.5, 0.6) is 0 Å². The molecule has 2 saturated heterocycles. The quantitative estimate of drug-likeness (QED) is 0.663. The van der Waals surface area contributed by atoms with Gasteiger partial charge in [0.15, 0.2) is 0 Å². The molecule has 0 spiro atoms. The summed E-state index contributed by atoms with van der Waals surface area (Å²) in [6, 6.07) is 4.42. The van der Waals surface area contributed by atoms with Crippen molar-refractivity contribution in [3.63, 3.8) is 0 Å². The van der Waals surface area contributed by atoms with Crippen LogP contribution in [0.2, 0.25) is 0 Å². The molecule has 2 amide bonds. The largest absolute Gasteiger partial charge is 0.616 e. The predicted octanol–water partition coefficient (Wildman–Crippen LogP) is 1.53. The van der Waals surface area contributed by atoms with Crippen LogP contribution in [0.1, 0.15) is 0 Å². The van der Waals surface area contributed by atoms with E-state index in [0.717, 1.165) is 0 Å². The van der Waals surface area contributed by atoms with E-state index >= 15 is 0 Å². The normalized spacial score (nSPS) is 19.1. The molecule has 3 heterocycles. The smallest absolute Gasteiger partial charge is 0.414 e. The minimum absolute atomic E-state index is 0.0894. The minimum atomic E-state index is -0.792. The Bertz CT molecular complexity index is 987. The Morgan fingerprint density at radius 2 is 2.06 bits per heavy atom. The molecule has 2 aliphatic rings. The number of methoxy groups -OCH3 is 1. The fraction of sp³-hybridized carbons (Fsp3) is 0.400. The summed E-state index contributed by atoms with van der Waals surface area (Å²) in [5.74, 6) is 1.16. The van der Waals surface area contributed by atoms with Crippen molar-refractivity contribution >= 4 is 35.0 Å². The van der Waals surface area contributed by atoms with Crippen molar-refractivity contribution in [2.75, 3.05) is 54.6 Å². The average Bonchev–Trinajstić information content (AvgIpc) is 3.18. The molecule has 1 aromatic heterocycles. The molecule has 1 atom stereocenters. The van der Waals surface area contributed by atoms with Crippen LogP contribution in [0.25, 0.3) is 11.1 Å². The Morgan fingerprint density at radius 3 is 2.72 bits per heavy atom. The van der Waals surface area contributed by atoms with E-state index in [2.05, 4.69) is 20.0 Å². The van der Waals surface area contributed by atoms with E-state index in [0.29, 0.717) is 47.4 Å². The Labute approximate surface area is 186 Å². The molecule has 0 radical (unpaired) electrons. The molecule has 2 aliphatic heterocycles. The summed E-state index contributed by atoms with van der Waals surface area (Å²) in [4.78, 5) is 35.3. The Hall–Kier alpha value is -3.12. The number of carbonyl (C=O) groups is 2. The second-order valence-corrected chi connectivity index (χ2v) is 8.96. The summed E-state index contributed by atoms with van der Waals surface area (Å²) < 4.78 is 36.0. The second kappa shape index (κ2) is 9.57. The first-order valence-corrected chi connectivity index (χ1v) is 11.5. The average molecular weight is 463 g/mol. The van der Waals surface area contributed by atoms with Gasteiger partial charge in [0.1, 0.15) is 23.4 Å². The van der Waals surface area contributed by atoms with Crippen molar-refractivity contribution in [1.82, 2.24) is 15.3 Å². The van der Waals surface area contributed by atoms with Gasteiger partial charge >= 0.3 is 12.2 Å². The summed E-state index contributed by atoms with van der Waals surface area (Å²) in [5, 5.41) is 2.47. The number of aromatic nitrogens is 2. The fourth-order valence-electron chi connectivity index (χ4n) is 3.48. The first kappa shape index (κ1) is 22.1. The van der Waals surface area contributed by atoms with Crippen molar-refractivity contribution in [1.29, 1.82) is 0 Å². The summed E-state index contributed by atoms with van der Waals surface area (Å²) >= 11 is -0.792. The van der Waals surface area contributed by atoms with Crippen LogP contribution < -0.4 is 15.1 Å². The molecule has 4 rings (SSSR count). The number of halogens is 1. The molecule has 0 unspecified atom stereocenters. The molecule has 2 aromatic rings. The number of amides is 2. The van der Waals surface area contributed by atoms with E-state index in [1.54, 1.807) is 24.5 Å². The lowest BCUT2D eigenvalue weighted by molar-refractivity contribution is 0.132. The van der Waals surface area contributed by atoms with Gasteiger partial charge < -0.3 is 24.2 Å². The highest BCUT2D eigenvalue weighted by molar-refractivity contribution is 7.91. The molecule has 0 bridgehead atoms. The van der Waals surface area contributed by atoms with Gasteiger partial charge in [0.2, 0.25) is 5.95 Å². The maximum atomic E-state index is 14.9. The number of hydrogen-bond acceptors (Lipinski definition) is 8. The number of cyclic esters (lactones) is 1. The second-order valence-electron chi connectivity index (χ2n) is 7.26. The van der Waals surface area contributed by atoms with Gasteiger partial charge in [-0.2, -0.15) is 0 Å². The van der Waals surface area contributed by atoms with Crippen molar-refractivity contribution in [2.45, 2.75) is 6.10 Å². The van der Waals surface area contributed by atoms with E-state index in [1.165, 1.54) is 18.1 Å². The zero-order chi connectivity index (χ0) is 22.7. The van der Waals surface area contributed by atoms with Gasteiger partial charge in [0.25, 0.3) is 0 Å². The van der Waals surface area contributed by atoms with Crippen LogP contribution in [-0.2, 0) is 20.6 Å². The minimum Gasteiger partial charge on any atom is -0.616 e. The number of nitrogens with zero attached hydrogens (tertiary/aromatic N) is 4. The summed E-state index contributed by atoms with van der Waals surface area (Å²) in [6.07, 6.45) is 1.27. The number of alkyl carbamates (subject to hydrolysis) is 1. The molecule has 32 heavy (non-hydrogen) atoms. The third kappa shape index (κ3) is 4.86. The van der Waals surface area contributed by atoms with Crippen LogP contribution in [0.15, 0.2) is 30.6 Å². The number of rotatable bonds is 5. The van der Waals surface area contributed by atoms with Crippen LogP contribution >= 0.6 is 0 Å². The predicted molar refractivity (Wildman–Crippen MR) is 116 cm³/mol. The van der Waals surface area contributed by atoms with Gasteiger partial charge in [0, 0.05) is 23.5 Å². The lowest BCUT2D eigenvalue weighted by Gasteiger charge is -2.28. The molecule has 10 nitrogen and oxygen atoms in total. The number of nitrogens with one attached hydrogen (secondary N) is 1. The summed E-state index contributed by atoms with van der Waals surface area (Å²) in [5.41, 5.74) is 1.15. The monoisotopic (exact) mass is 463 g/mol. The van der Waals surface area contributed by atoms with Gasteiger partial charge in [-0.05, 0) is 18.2 Å². The van der Waals surface area contributed by atoms with Gasteiger partial charge in [-0.3, -0.25) is 4.90 Å². The molecular weight excluding hydrogens is 441 g/mol. The van der Waals surface area contributed by atoms with E-state index in [9.17, 15) is 18.5 Å². The van der Waals surface area contributed by atoms with Gasteiger partial charge in [-0.1, -0.05) is 11.2 Å². The highest BCUT2D eigenvalue weighted by Gasteiger charge is 2.33. The SMILES string of the molecule is COC(=O)NC[C@H]1CN(c2ccc(-c3cnc(N4CC[S+]([O-])CC4)nc3)c(F)c2)C(=O)O1. The molecule has 0 aliphatic carbocycles. The third-order valence-corrected chi connectivity index (χ3v) is 6.48. The molecule has 1 N–H and O–H groups in total. The Balaban J connectivity index is 1.43. The first-order chi connectivity index (χ1) is 15.4. The van der Waals surface area contributed by atoms with Crippen LogP contribution in [-0.4, -0.2) is 77.6 Å². The molecule has 170 valence electrons. The molecular formula is C20H22FN5O5S. The Kier molecular flexibility index (Phi) is 6.61. The third-order valence-electron chi connectivity index (χ3n) is 5.21. The topological polar surface area (TPSA) is 120 Å². The van der Waals surface area contributed by atoms with Crippen LogP contribution in [0.3, 0.4) is 0 Å².